The summed E-state index contributed by atoms with van der Waals surface area (Å²) in [5.74, 6) is -2.06. The first-order valence-electron chi connectivity index (χ1n) is 8.00. The van der Waals surface area contributed by atoms with Crippen LogP contribution in [-0.2, 0) is 5.92 Å². The third-order valence-electron chi connectivity index (χ3n) is 4.03. The molecule has 0 fully saturated rings. The largest absolute Gasteiger partial charge is 0.494 e. The molecule has 0 amide bonds. The smallest absolute Gasteiger partial charge is 0.299 e. The second-order valence-corrected chi connectivity index (χ2v) is 5.62. The highest BCUT2D eigenvalue weighted by molar-refractivity contribution is 5.80. The van der Waals surface area contributed by atoms with Gasteiger partial charge in [-0.1, -0.05) is 25.5 Å². The highest BCUT2D eigenvalue weighted by Gasteiger charge is 2.44. The van der Waals surface area contributed by atoms with Gasteiger partial charge < -0.3 is 9.47 Å². The summed E-state index contributed by atoms with van der Waals surface area (Å²) >= 11 is 0. The molecular formula is C19H20F2O2. The van der Waals surface area contributed by atoms with Gasteiger partial charge in [0.15, 0.2) is 0 Å². The van der Waals surface area contributed by atoms with Crippen molar-refractivity contribution in [2.45, 2.75) is 32.6 Å². The number of ether oxygens (including phenoxy) is 2. The van der Waals surface area contributed by atoms with Gasteiger partial charge in [0.05, 0.1) is 13.2 Å². The molecule has 2 nitrogen and oxygen atoms in total. The average molecular weight is 318 g/mol. The van der Waals surface area contributed by atoms with Gasteiger partial charge in [-0.3, -0.25) is 0 Å². The third kappa shape index (κ3) is 2.78. The summed E-state index contributed by atoms with van der Waals surface area (Å²) in [6.45, 7) is 4.89. The summed E-state index contributed by atoms with van der Waals surface area (Å²) in [7, 11) is 0. The number of hydrogen-bond donors (Lipinski definition) is 0. The van der Waals surface area contributed by atoms with Gasteiger partial charge in [-0.25, -0.2) is 0 Å². The molecule has 0 bridgehead atoms. The molecule has 23 heavy (non-hydrogen) atoms. The van der Waals surface area contributed by atoms with Crippen molar-refractivity contribution in [3.05, 3.63) is 47.5 Å². The zero-order chi connectivity index (χ0) is 16.4. The molecule has 2 aromatic rings. The number of benzene rings is 2. The number of rotatable bonds is 6. The molecule has 0 aliphatic heterocycles. The van der Waals surface area contributed by atoms with Gasteiger partial charge in [0, 0.05) is 11.1 Å². The summed E-state index contributed by atoms with van der Waals surface area (Å²) in [5, 5.41) is 0. The molecule has 0 atom stereocenters. The predicted molar refractivity (Wildman–Crippen MR) is 86.4 cm³/mol. The van der Waals surface area contributed by atoms with E-state index in [9.17, 15) is 8.78 Å². The molecule has 0 saturated heterocycles. The van der Waals surface area contributed by atoms with E-state index in [1.807, 2.05) is 6.92 Å². The Morgan fingerprint density at radius 2 is 1.43 bits per heavy atom. The number of alkyl halides is 2. The van der Waals surface area contributed by atoms with Crippen molar-refractivity contribution in [1.29, 1.82) is 0 Å². The first kappa shape index (κ1) is 15.8. The molecule has 1 aliphatic rings. The second kappa shape index (κ2) is 6.19. The number of unbranched alkanes of at least 4 members (excludes halogenated alkanes) is 1. The van der Waals surface area contributed by atoms with E-state index >= 15 is 0 Å². The van der Waals surface area contributed by atoms with Gasteiger partial charge in [0.25, 0.3) is 5.92 Å². The maximum atomic E-state index is 14.8. The molecule has 0 radical (unpaired) electrons. The van der Waals surface area contributed by atoms with Crippen LogP contribution in [0.1, 0.15) is 37.8 Å². The topological polar surface area (TPSA) is 18.5 Å². The Labute approximate surface area is 135 Å². The first-order valence-corrected chi connectivity index (χ1v) is 8.00. The predicted octanol–water partition coefficient (Wildman–Crippen LogP) is 5.38. The van der Waals surface area contributed by atoms with Crippen molar-refractivity contribution < 1.29 is 18.3 Å². The van der Waals surface area contributed by atoms with Crippen LogP contribution in [0.2, 0.25) is 0 Å². The Bertz CT molecular complexity index is 711. The van der Waals surface area contributed by atoms with Gasteiger partial charge in [-0.05, 0) is 48.7 Å². The van der Waals surface area contributed by atoms with Crippen LogP contribution in [0.25, 0.3) is 11.1 Å². The highest BCUT2D eigenvalue weighted by atomic mass is 19.3. The monoisotopic (exact) mass is 318 g/mol. The lowest BCUT2D eigenvalue weighted by atomic mass is 10.1. The van der Waals surface area contributed by atoms with Crippen LogP contribution in [-0.4, -0.2) is 13.2 Å². The standard InChI is InChI=1S/C19H20F2O2/c1-3-5-10-23-14-7-9-16-15-8-6-13(22-4-2)11-17(15)19(20,21)18(16)12-14/h6-9,11-12H,3-5,10H2,1-2H3. The first-order chi connectivity index (χ1) is 11.1. The Kier molecular flexibility index (Phi) is 4.24. The number of fused-ring (bicyclic) bond motifs is 3. The molecule has 4 heteroatoms. The van der Waals surface area contributed by atoms with Crippen LogP contribution in [0.5, 0.6) is 11.5 Å². The fraction of sp³-hybridized carbons (Fsp3) is 0.368. The van der Waals surface area contributed by atoms with E-state index in [1.165, 1.54) is 12.1 Å². The van der Waals surface area contributed by atoms with E-state index in [1.54, 1.807) is 24.3 Å². The van der Waals surface area contributed by atoms with Crippen LogP contribution in [0, 0.1) is 0 Å². The molecule has 0 spiro atoms. The van der Waals surface area contributed by atoms with Crippen LogP contribution >= 0.6 is 0 Å². The molecule has 3 rings (SSSR count). The molecule has 0 N–H and O–H groups in total. The van der Waals surface area contributed by atoms with Gasteiger partial charge in [-0.15, -0.1) is 0 Å². The maximum absolute atomic E-state index is 14.8. The second-order valence-electron chi connectivity index (χ2n) is 5.62. The zero-order valence-electron chi connectivity index (χ0n) is 13.4. The molecule has 1 aliphatic carbocycles. The van der Waals surface area contributed by atoms with Gasteiger partial charge in [-0.2, -0.15) is 8.78 Å². The van der Waals surface area contributed by atoms with E-state index in [-0.39, 0.29) is 11.1 Å². The van der Waals surface area contributed by atoms with Crippen molar-refractivity contribution in [3.63, 3.8) is 0 Å². The lowest BCUT2D eigenvalue weighted by Gasteiger charge is -2.14. The van der Waals surface area contributed by atoms with E-state index in [2.05, 4.69) is 6.92 Å². The normalized spacial score (nSPS) is 14.3. The Morgan fingerprint density at radius 3 is 1.96 bits per heavy atom. The molecular weight excluding hydrogens is 298 g/mol. The molecule has 0 saturated carbocycles. The minimum Gasteiger partial charge on any atom is -0.494 e. The van der Waals surface area contributed by atoms with Crippen LogP contribution in [0.4, 0.5) is 8.78 Å². The lowest BCUT2D eigenvalue weighted by Crippen LogP contribution is -2.11. The van der Waals surface area contributed by atoms with Crippen molar-refractivity contribution >= 4 is 0 Å². The van der Waals surface area contributed by atoms with E-state index < -0.39 is 5.92 Å². The Morgan fingerprint density at radius 1 is 0.870 bits per heavy atom. The SMILES string of the molecule is CCCCOc1ccc2c(c1)C(F)(F)c1cc(OCC)ccc1-2. The number of halogens is 2. The maximum Gasteiger partial charge on any atom is 0.299 e. The third-order valence-corrected chi connectivity index (χ3v) is 4.03. The van der Waals surface area contributed by atoms with E-state index in [0.29, 0.717) is 35.8 Å². The summed E-state index contributed by atoms with van der Waals surface area (Å²) in [6, 6.07) is 9.82. The van der Waals surface area contributed by atoms with Gasteiger partial charge >= 0.3 is 0 Å². The van der Waals surface area contributed by atoms with Gasteiger partial charge in [0.2, 0.25) is 0 Å². The summed E-state index contributed by atoms with van der Waals surface area (Å²) in [5.41, 5.74) is 1.14. The molecule has 122 valence electrons. The average Bonchev–Trinajstić information content (AvgIpc) is 2.76. The quantitative estimate of drug-likeness (QED) is 0.665. The van der Waals surface area contributed by atoms with Crippen LogP contribution in [0.15, 0.2) is 36.4 Å². The van der Waals surface area contributed by atoms with Crippen LogP contribution in [0.3, 0.4) is 0 Å². The van der Waals surface area contributed by atoms with Crippen LogP contribution < -0.4 is 9.47 Å². The highest BCUT2D eigenvalue weighted by Crippen LogP contribution is 2.52. The molecule has 0 unspecified atom stereocenters. The number of hydrogen-bond acceptors (Lipinski definition) is 2. The molecule has 0 heterocycles. The summed E-state index contributed by atoms with van der Waals surface area (Å²) < 4.78 is 40.5. The fourth-order valence-corrected chi connectivity index (χ4v) is 2.86. The minimum atomic E-state index is -3.03. The fourth-order valence-electron chi connectivity index (χ4n) is 2.86. The van der Waals surface area contributed by atoms with Crippen molar-refractivity contribution in [2.24, 2.45) is 0 Å². The Balaban J connectivity index is 1.97. The van der Waals surface area contributed by atoms with Gasteiger partial charge in [0.1, 0.15) is 11.5 Å². The summed E-state index contributed by atoms with van der Waals surface area (Å²) in [6.07, 6.45) is 1.91. The summed E-state index contributed by atoms with van der Waals surface area (Å²) in [4.78, 5) is 0. The Hall–Kier alpha value is -2.10. The lowest BCUT2D eigenvalue weighted by molar-refractivity contribution is 0.0474. The zero-order valence-corrected chi connectivity index (χ0v) is 13.4. The minimum absolute atomic E-state index is 0.00385. The van der Waals surface area contributed by atoms with E-state index in [0.717, 1.165) is 12.8 Å². The van der Waals surface area contributed by atoms with Crippen molar-refractivity contribution in [2.75, 3.05) is 13.2 Å². The molecule has 0 aromatic heterocycles. The van der Waals surface area contributed by atoms with E-state index in [4.69, 9.17) is 9.47 Å². The molecule has 2 aromatic carbocycles. The van der Waals surface area contributed by atoms with Crippen molar-refractivity contribution in [3.8, 4) is 22.6 Å². The van der Waals surface area contributed by atoms with Crippen molar-refractivity contribution in [1.82, 2.24) is 0 Å².